The van der Waals surface area contributed by atoms with Crippen molar-refractivity contribution in [3.05, 3.63) is 48.0 Å². The molecule has 1 N–H and O–H groups in total. The molecule has 0 spiro atoms. The minimum Gasteiger partial charge on any atom is -0.363 e. The molecule has 0 saturated carbocycles. The molecular formula is C12H9F3N6. The van der Waals surface area contributed by atoms with Gasteiger partial charge in [0.2, 0.25) is 0 Å². The van der Waals surface area contributed by atoms with Gasteiger partial charge in [-0.1, -0.05) is 0 Å². The van der Waals surface area contributed by atoms with Crippen LogP contribution in [0.25, 0.3) is 5.65 Å². The van der Waals surface area contributed by atoms with Gasteiger partial charge in [0.15, 0.2) is 11.3 Å². The highest BCUT2D eigenvalue weighted by Crippen LogP contribution is 2.27. The topological polar surface area (TPSA) is 68.0 Å². The standard InChI is InChI=1S/C12H9F3N6/c13-12(14,15)9-1-2-10(20-19-9)17-7-8-3-5-16-11-4-6-18-21(8)11/h1-6H,7H2,(H,17,20). The molecule has 0 aromatic carbocycles. The lowest BCUT2D eigenvalue weighted by molar-refractivity contribution is -0.141. The van der Waals surface area contributed by atoms with Gasteiger partial charge in [-0.3, -0.25) is 0 Å². The molecule has 3 heterocycles. The largest absolute Gasteiger partial charge is 0.435 e. The molecule has 0 aliphatic heterocycles. The van der Waals surface area contributed by atoms with Crippen molar-refractivity contribution in [3.8, 4) is 0 Å². The van der Waals surface area contributed by atoms with E-state index < -0.39 is 11.9 Å². The number of halogens is 3. The van der Waals surface area contributed by atoms with Crippen molar-refractivity contribution in [3.63, 3.8) is 0 Å². The Kier molecular flexibility index (Phi) is 3.16. The highest BCUT2D eigenvalue weighted by atomic mass is 19.4. The molecule has 3 aromatic rings. The van der Waals surface area contributed by atoms with E-state index in [9.17, 15) is 13.2 Å². The second kappa shape index (κ2) is 5.00. The van der Waals surface area contributed by atoms with E-state index in [0.29, 0.717) is 12.2 Å². The molecule has 0 fully saturated rings. The number of rotatable bonds is 3. The van der Waals surface area contributed by atoms with Crippen LogP contribution in [0.5, 0.6) is 0 Å². The number of nitrogens with zero attached hydrogens (tertiary/aromatic N) is 5. The molecule has 9 heteroatoms. The van der Waals surface area contributed by atoms with Crippen LogP contribution in [0.2, 0.25) is 0 Å². The third-order valence-electron chi connectivity index (χ3n) is 2.77. The maximum atomic E-state index is 12.4. The van der Waals surface area contributed by atoms with E-state index in [1.807, 2.05) is 0 Å². The molecule has 108 valence electrons. The summed E-state index contributed by atoms with van der Waals surface area (Å²) in [5, 5.41) is 13.6. The molecule has 3 aromatic heterocycles. The molecule has 0 bridgehead atoms. The van der Waals surface area contributed by atoms with Crippen LogP contribution in [0.4, 0.5) is 19.0 Å². The van der Waals surface area contributed by atoms with Crippen LogP contribution in [0.3, 0.4) is 0 Å². The van der Waals surface area contributed by atoms with E-state index >= 15 is 0 Å². The van der Waals surface area contributed by atoms with Crippen LogP contribution >= 0.6 is 0 Å². The lowest BCUT2D eigenvalue weighted by atomic mass is 10.3. The fourth-order valence-electron chi connectivity index (χ4n) is 1.78. The van der Waals surface area contributed by atoms with Crippen molar-refractivity contribution in [2.75, 3.05) is 5.32 Å². The monoisotopic (exact) mass is 294 g/mol. The van der Waals surface area contributed by atoms with Crippen molar-refractivity contribution in [2.45, 2.75) is 12.7 Å². The maximum Gasteiger partial charge on any atom is 0.435 e. The van der Waals surface area contributed by atoms with E-state index in [-0.39, 0.29) is 5.82 Å². The quantitative estimate of drug-likeness (QED) is 0.801. The van der Waals surface area contributed by atoms with E-state index in [0.717, 1.165) is 11.8 Å². The molecule has 0 atom stereocenters. The summed E-state index contributed by atoms with van der Waals surface area (Å²) in [4.78, 5) is 4.12. The van der Waals surface area contributed by atoms with Crippen LogP contribution < -0.4 is 5.32 Å². The molecule has 0 amide bonds. The van der Waals surface area contributed by atoms with Crippen LogP contribution in [-0.2, 0) is 12.7 Å². The maximum absolute atomic E-state index is 12.4. The average molecular weight is 294 g/mol. The number of fused-ring (bicyclic) bond motifs is 1. The second-order valence-corrected chi connectivity index (χ2v) is 4.19. The fourth-order valence-corrected chi connectivity index (χ4v) is 1.78. The number of aromatic nitrogens is 5. The van der Waals surface area contributed by atoms with Crippen LogP contribution in [-0.4, -0.2) is 24.8 Å². The van der Waals surface area contributed by atoms with E-state index in [1.54, 1.807) is 29.0 Å². The first-order valence-electron chi connectivity index (χ1n) is 5.96. The summed E-state index contributed by atoms with van der Waals surface area (Å²) in [6.07, 6.45) is -1.24. The molecule has 0 aliphatic rings. The van der Waals surface area contributed by atoms with Gasteiger partial charge in [0.25, 0.3) is 0 Å². The van der Waals surface area contributed by atoms with Gasteiger partial charge in [-0.25, -0.2) is 9.50 Å². The lowest BCUT2D eigenvalue weighted by Gasteiger charge is -2.08. The van der Waals surface area contributed by atoms with Crippen LogP contribution in [0.15, 0.2) is 36.7 Å². The van der Waals surface area contributed by atoms with Crippen LogP contribution in [0, 0.1) is 0 Å². The Morgan fingerprint density at radius 3 is 2.62 bits per heavy atom. The molecule has 3 rings (SSSR count). The predicted octanol–water partition coefficient (Wildman–Crippen LogP) is 2.15. The second-order valence-electron chi connectivity index (χ2n) is 4.19. The van der Waals surface area contributed by atoms with Gasteiger partial charge in [-0.2, -0.15) is 18.3 Å². The van der Waals surface area contributed by atoms with Gasteiger partial charge in [-0.15, -0.1) is 10.2 Å². The average Bonchev–Trinajstić information content (AvgIpc) is 2.93. The molecule has 0 aliphatic carbocycles. The minimum absolute atomic E-state index is 0.250. The number of anilines is 1. The predicted molar refractivity (Wildman–Crippen MR) is 67.3 cm³/mol. The summed E-state index contributed by atoms with van der Waals surface area (Å²) < 4.78 is 38.7. The van der Waals surface area contributed by atoms with E-state index in [2.05, 4.69) is 25.6 Å². The first-order valence-corrected chi connectivity index (χ1v) is 5.96. The van der Waals surface area contributed by atoms with Crippen molar-refractivity contribution in [2.24, 2.45) is 0 Å². The van der Waals surface area contributed by atoms with Crippen LogP contribution in [0.1, 0.15) is 11.4 Å². The number of nitrogens with one attached hydrogen (secondary N) is 1. The molecule has 6 nitrogen and oxygen atoms in total. The molecular weight excluding hydrogens is 285 g/mol. The van der Waals surface area contributed by atoms with Gasteiger partial charge < -0.3 is 5.32 Å². The Morgan fingerprint density at radius 2 is 1.90 bits per heavy atom. The first-order chi connectivity index (χ1) is 10.0. The zero-order valence-corrected chi connectivity index (χ0v) is 10.5. The van der Waals surface area contributed by atoms with Crippen molar-refractivity contribution in [1.82, 2.24) is 24.8 Å². The summed E-state index contributed by atoms with van der Waals surface area (Å²) in [6.45, 7) is 0.334. The normalized spacial score (nSPS) is 11.8. The van der Waals surface area contributed by atoms with Gasteiger partial charge in [-0.05, 0) is 18.2 Å². The Bertz CT molecular complexity index is 750. The van der Waals surface area contributed by atoms with Crippen molar-refractivity contribution < 1.29 is 13.2 Å². The fraction of sp³-hybridized carbons (Fsp3) is 0.167. The molecule has 21 heavy (non-hydrogen) atoms. The Balaban J connectivity index is 1.74. The Hall–Kier alpha value is -2.71. The molecule has 0 radical (unpaired) electrons. The zero-order chi connectivity index (χ0) is 14.9. The Labute approximate surface area is 116 Å². The lowest BCUT2D eigenvalue weighted by Crippen LogP contribution is -2.11. The van der Waals surface area contributed by atoms with Gasteiger partial charge in [0.1, 0.15) is 5.82 Å². The summed E-state index contributed by atoms with van der Waals surface area (Å²) >= 11 is 0. The van der Waals surface area contributed by atoms with Gasteiger partial charge in [0, 0.05) is 12.3 Å². The van der Waals surface area contributed by atoms with Crippen molar-refractivity contribution >= 4 is 11.5 Å². The summed E-state index contributed by atoms with van der Waals surface area (Å²) in [5.74, 6) is 0.250. The summed E-state index contributed by atoms with van der Waals surface area (Å²) in [6, 6.07) is 5.62. The Morgan fingerprint density at radius 1 is 1.05 bits per heavy atom. The number of hydrogen-bond donors (Lipinski definition) is 1. The summed E-state index contributed by atoms with van der Waals surface area (Å²) in [7, 11) is 0. The zero-order valence-electron chi connectivity index (χ0n) is 10.5. The summed E-state index contributed by atoms with van der Waals surface area (Å²) in [5.41, 5.74) is 0.464. The van der Waals surface area contributed by atoms with Crippen molar-refractivity contribution in [1.29, 1.82) is 0 Å². The third kappa shape index (κ3) is 2.76. The minimum atomic E-state index is -4.49. The smallest absolute Gasteiger partial charge is 0.363 e. The SMILES string of the molecule is FC(F)(F)c1ccc(NCc2ccnc3ccnn23)nn1. The van der Waals surface area contributed by atoms with Gasteiger partial charge in [0.05, 0.1) is 18.4 Å². The highest BCUT2D eigenvalue weighted by molar-refractivity contribution is 5.39. The number of alkyl halides is 3. The first kappa shape index (κ1) is 13.3. The molecule has 0 saturated heterocycles. The third-order valence-corrected chi connectivity index (χ3v) is 2.77. The van der Waals surface area contributed by atoms with Gasteiger partial charge >= 0.3 is 6.18 Å². The van der Waals surface area contributed by atoms with E-state index in [4.69, 9.17) is 0 Å². The molecule has 0 unspecified atom stereocenters. The van der Waals surface area contributed by atoms with E-state index in [1.165, 1.54) is 6.07 Å². The highest BCUT2D eigenvalue weighted by Gasteiger charge is 2.32. The number of hydrogen-bond acceptors (Lipinski definition) is 5.